The summed E-state index contributed by atoms with van der Waals surface area (Å²) in [6.07, 6.45) is 0. The monoisotopic (exact) mass is 251 g/mol. The number of carboxylic acids is 1. The molecule has 18 heavy (non-hydrogen) atoms. The van der Waals surface area contributed by atoms with Crippen LogP contribution in [-0.2, 0) is 0 Å². The van der Waals surface area contributed by atoms with Crippen LogP contribution in [-0.4, -0.2) is 23.0 Å². The molecule has 0 aliphatic carbocycles. The van der Waals surface area contributed by atoms with Crippen LogP contribution in [0.25, 0.3) is 11.3 Å². The third kappa shape index (κ3) is 1.56. The number of benzene rings is 1. The number of carboxylic acid groups (broad SMARTS) is 1. The van der Waals surface area contributed by atoms with E-state index in [0.717, 1.165) is 0 Å². The van der Waals surface area contributed by atoms with Crippen molar-refractivity contribution in [2.45, 2.75) is 0 Å². The second-order valence-electron chi connectivity index (χ2n) is 3.57. The number of halogens is 1. The first-order valence-corrected chi connectivity index (χ1v) is 4.94. The molecule has 1 aromatic carbocycles. The fourth-order valence-electron chi connectivity index (χ4n) is 1.63. The number of ether oxygens (including phenoxy) is 2. The summed E-state index contributed by atoms with van der Waals surface area (Å²) in [5.74, 6) is -1.86. The van der Waals surface area contributed by atoms with E-state index in [-0.39, 0.29) is 29.7 Å². The van der Waals surface area contributed by atoms with Gasteiger partial charge in [0.25, 0.3) is 0 Å². The van der Waals surface area contributed by atoms with Crippen LogP contribution >= 0.6 is 0 Å². The number of hydrogen-bond acceptors (Lipinski definition) is 5. The Morgan fingerprint density at radius 2 is 2.17 bits per heavy atom. The summed E-state index contributed by atoms with van der Waals surface area (Å²) in [4.78, 5) is 10.6. The first-order valence-electron chi connectivity index (χ1n) is 4.94. The third-order valence-corrected chi connectivity index (χ3v) is 2.44. The van der Waals surface area contributed by atoms with Crippen molar-refractivity contribution in [3.8, 4) is 22.8 Å². The van der Waals surface area contributed by atoms with E-state index in [9.17, 15) is 9.18 Å². The van der Waals surface area contributed by atoms with Gasteiger partial charge in [0.05, 0.1) is 0 Å². The molecule has 1 N–H and O–H groups in total. The Morgan fingerprint density at radius 3 is 2.89 bits per heavy atom. The van der Waals surface area contributed by atoms with Crippen molar-refractivity contribution in [3.63, 3.8) is 0 Å². The molecule has 0 fully saturated rings. The number of hydrogen-bond donors (Lipinski definition) is 1. The zero-order chi connectivity index (χ0) is 12.7. The molecule has 92 valence electrons. The van der Waals surface area contributed by atoms with Gasteiger partial charge in [0.1, 0.15) is 5.69 Å². The smallest absolute Gasteiger partial charge is 0.374 e. The van der Waals surface area contributed by atoms with Crippen molar-refractivity contribution in [1.82, 2.24) is 5.16 Å². The van der Waals surface area contributed by atoms with Gasteiger partial charge < -0.3 is 19.1 Å². The first kappa shape index (κ1) is 10.6. The summed E-state index contributed by atoms with van der Waals surface area (Å²) in [7, 11) is 0. The Labute approximate surface area is 99.5 Å². The van der Waals surface area contributed by atoms with Gasteiger partial charge in [0.15, 0.2) is 11.6 Å². The lowest BCUT2D eigenvalue weighted by atomic mass is 10.1. The van der Waals surface area contributed by atoms with Crippen molar-refractivity contribution < 1.29 is 28.3 Å². The minimum atomic E-state index is -1.24. The van der Waals surface area contributed by atoms with Crippen molar-refractivity contribution >= 4 is 5.97 Å². The van der Waals surface area contributed by atoms with Gasteiger partial charge in [-0.15, -0.1) is 0 Å². The SMILES string of the molecule is O=C(O)c1cc(-c2cc(F)c3c(c2)OCO3)no1. The van der Waals surface area contributed by atoms with E-state index in [2.05, 4.69) is 9.68 Å². The molecule has 0 saturated heterocycles. The second kappa shape index (κ2) is 3.73. The number of aromatic carboxylic acids is 1. The van der Waals surface area contributed by atoms with E-state index in [1.54, 1.807) is 0 Å². The molecule has 1 aliphatic rings. The van der Waals surface area contributed by atoms with Gasteiger partial charge in [0, 0.05) is 11.6 Å². The summed E-state index contributed by atoms with van der Waals surface area (Å²) >= 11 is 0. The molecule has 1 aliphatic heterocycles. The number of nitrogens with zero attached hydrogens (tertiary/aromatic N) is 1. The van der Waals surface area contributed by atoms with Crippen LogP contribution < -0.4 is 9.47 Å². The molecule has 3 rings (SSSR count). The van der Waals surface area contributed by atoms with Crippen LogP contribution in [0, 0.1) is 5.82 Å². The molecule has 0 atom stereocenters. The maximum atomic E-state index is 13.6. The average Bonchev–Trinajstić information content (AvgIpc) is 2.97. The summed E-state index contributed by atoms with van der Waals surface area (Å²) in [6.45, 7) is -0.0467. The summed E-state index contributed by atoms with van der Waals surface area (Å²) < 4.78 is 28.2. The summed E-state index contributed by atoms with van der Waals surface area (Å²) in [6, 6.07) is 3.89. The zero-order valence-corrected chi connectivity index (χ0v) is 8.84. The third-order valence-electron chi connectivity index (χ3n) is 2.44. The summed E-state index contributed by atoms with van der Waals surface area (Å²) in [5, 5.41) is 12.3. The number of carbonyl (C=O) groups is 1. The Bertz CT molecular complexity index is 636. The van der Waals surface area contributed by atoms with Gasteiger partial charge in [-0.05, 0) is 12.1 Å². The van der Waals surface area contributed by atoms with Gasteiger partial charge >= 0.3 is 5.97 Å². The van der Waals surface area contributed by atoms with Gasteiger partial charge in [0.2, 0.25) is 18.3 Å². The minimum absolute atomic E-state index is 0.0423. The molecule has 0 radical (unpaired) electrons. The lowest BCUT2D eigenvalue weighted by molar-refractivity contribution is 0.0652. The highest BCUT2D eigenvalue weighted by atomic mass is 19.1. The predicted molar refractivity (Wildman–Crippen MR) is 55.0 cm³/mol. The van der Waals surface area contributed by atoms with Crippen molar-refractivity contribution in [1.29, 1.82) is 0 Å². The number of aromatic nitrogens is 1. The topological polar surface area (TPSA) is 81.8 Å². The van der Waals surface area contributed by atoms with Crippen LogP contribution in [0.5, 0.6) is 11.5 Å². The fourth-order valence-corrected chi connectivity index (χ4v) is 1.63. The number of rotatable bonds is 2. The molecule has 0 amide bonds. The van der Waals surface area contributed by atoms with Crippen LogP contribution in [0.3, 0.4) is 0 Å². The molecule has 2 heterocycles. The standard InChI is InChI=1S/C11H6FNO5/c12-6-1-5(2-8-10(6)17-4-16-8)7-3-9(11(14)15)18-13-7/h1-3H,4H2,(H,14,15). The van der Waals surface area contributed by atoms with E-state index in [4.69, 9.17) is 14.6 Å². The maximum absolute atomic E-state index is 13.6. The van der Waals surface area contributed by atoms with E-state index >= 15 is 0 Å². The molecule has 2 aromatic rings. The fraction of sp³-hybridized carbons (Fsp3) is 0.0909. The van der Waals surface area contributed by atoms with E-state index in [1.165, 1.54) is 18.2 Å². The predicted octanol–water partition coefficient (Wildman–Crippen LogP) is 1.91. The van der Waals surface area contributed by atoms with E-state index in [1.807, 2.05) is 0 Å². The average molecular weight is 251 g/mol. The molecule has 0 unspecified atom stereocenters. The molecule has 0 saturated carbocycles. The van der Waals surface area contributed by atoms with Crippen molar-refractivity contribution in [2.75, 3.05) is 6.79 Å². The molecule has 7 heteroatoms. The molecule has 1 aromatic heterocycles. The Hall–Kier alpha value is -2.57. The van der Waals surface area contributed by atoms with E-state index < -0.39 is 11.8 Å². The Morgan fingerprint density at radius 1 is 1.33 bits per heavy atom. The summed E-state index contributed by atoms with van der Waals surface area (Å²) in [5.41, 5.74) is 0.567. The van der Waals surface area contributed by atoms with Gasteiger partial charge in [-0.1, -0.05) is 5.16 Å². The van der Waals surface area contributed by atoms with Gasteiger partial charge in [-0.25, -0.2) is 9.18 Å². The molecular weight excluding hydrogens is 245 g/mol. The van der Waals surface area contributed by atoms with Crippen LogP contribution in [0.4, 0.5) is 4.39 Å². The molecular formula is C11H6FNO5. The van der Waals surface area contributed by atoms with Gasteiger partial charge in [-0.3, -0.25) is 0 Å². The highest BCUT2D eigenvalue weighted by Gasteiger charge is 2.21. The highest BCUT2D eigenvalue weighted by molar-refractivity contribution is 5.85. The quantitative estimate of drug-likeness (QED) is 0.877. The van der Waals surface area contributed by atoms with Crippen molar-refractivity contribution in [3.05, 3.63) is 29.8 Å². The maximum Gasteiger partial charge on any atom is 0.374 e. The highest BCUT2D eigenvalue weighted by Crippen LogP contribution is 2.38. The largest absolute Gasteiger partial charge is 0.475 e. The Balaban J connectivity index is 2.06. The van der Waals surface area contributed by atoms with Crippen molar-refractivity contribution in [2.24, 2.45) is 0 Å². The van der Waals surface area contributed by atoms with Gasteiger partial charge in [-0.2, -0.15) is 0 Å². The van der Waals surface area contributed by atoms with E-state index in [0.29, 0.717) is 5.56 Å². The second-order valence-corrected chi connectivity index (χ2v) is 3.57. The van der Waals surface area contributed by atoms with Crippen LogP contribution in [0.2, 0.25) is 0 Å². The molecule has 6 nitrogen and oxygen atoms in total. The lowest BCUT2D eigenvalue weighted by Gasteiger charge is -2.00. The number of fused-ring (bicyclic) bond motifs is 1. The zero-order valence-electron chi connectivity index (χ0n) is 8.84. The lowest BCUT2D eigenvalue weighted by Crippen LogP contribution is -1.93. The van der Waals surface area contributed by atoms with Crippen LogP contribution in [0.1, 0.15) is 10.6 Å². The molecule has 0 bridgehead atoms. The Kier molecular flexibility index (Phi) is 2.19. The molecule has 0 spiro atoms. The first-order chi connectivity index (χ1) is 8.65. The van der Waals surface area contributed by atoms with Crippen LogP contribution in [0.15, 0.2) is 22.7 Å². The normalized spacial score (nSPS) is 12.7. The minimum Gasteiger partial charge on any atom is -0.475 e.